The number of amides is 2. The summed E-state index contributed by atoms with van der Waals surface area (Å²) in [6, 6.07) is 13.8. The second-order valence-corrected chi connectivity index (χ2v) is 7.22. The molecule has 2 aromatic rings. The number of hydrogen-bond donors (Lipinski definition) is 0. The van der Waals surface area contributed by atoms with Crippen LogP contribution in [0.15, 0.2) is 42.5 Å². The van der Waals surface area contributed by atoms with Crippen LogP contribution in [0.25, 0.3) is 10.8 Å². The highest BCUT2D eigenvalue weighted by molar-refractivity contribution is 6.07. The SMILES string of the molecule is COCCCN(C)C(=O)C1CCCN(C(=O)c2cccc3ccccc23)C1. The molecule has 0 aliphatic carbocycles. The molecule has 1 aliphatic rings. The van der Waals surface area contributed by atoms with Crippen LogP contribution < -0.4 is 0 Å². The van der Waals surface area contributed by atoms with Gasteiger partial charge in [-0.05, 0) is 36.1 Å². The van der Waals surface area contributed by atoms with Crippen LogP contribution >= 0.6 is 0 Å². The van der Waals surface area contributed by atoms with Gasteiger partial charge >= 0.3 is 0 Å². The number of nitrogens with zero attached hydrogens (tertiary/aromatic N) is 2. The van der Waals surface area contributed by atoms with Crippen molar-refractivity contribution in [3.63, 3.8) is 0 Å². The first-order valence-corrected chi connectivity index (χ1v) is 9.62. The monoisotopic (exact) mass is 368 g/mol. The van der Waals surface area contributed by atoms with E-state index in [-0.39, 0.29) is 17.7 Å². The molecule has 0 aromatic heterocycles. The molecule has 27 heavy (non-hydrogen) atoms. The van der Waals surface area contributed by atoms with Crippen LogP contribution in [-0.2, 0) is 9.53 Å². The van der Waals surface area contributed by atoms with E-state index < -0.39 is 0 Å². The van der Waals surface area contributed by atoms with Crippen molar-refractivity contribution in [3.8, 4) is 0 Å². The zero-order chi connectivity index (χ0) is 19.2. The van der Waals surface area contributed by atoms with E-state index >= 15 is 0 Å². The summed E-state index contributed by atoms with van der Waals surface area (Å²) in [6.45, 7) is 2.53. The van der Waals surface area contributed by atoms with E-state index in [9.17, 15) is 9.59 Å². The molecule has 1 fully saturated rings. The Morgan fingerprint density at radius 1 is 1.19 bits per heavy atom. The van der Waals surface area contributed by atoms with E-state index in [4.69, 9.17) is 4.74 Å². The number of likely N-dealkylation sites (tertiary alicyclic amines) is 1. The normalized spacial score (nSPS) is 17.1. The minimum Gasteiger partial charge on any atom is -0.385 e. The molecule has 5 heteroatoms. The molecular formula is C22H28N2O3. The Balaban J connectivity index is 1.70. The lowest BCUT2D eigenvalue weighted by Gasteiger charge is -2.34. The minimum atomic E-state index is -0.120. The number of methoxy groups -OCH3 is 1. The van der Waals surface area contributed by atoms with E-state index in [2.05, 4.69) is 0 Å². The molecule has 144 valence electrons. The van der Waals surface area contributed by atoms with Gasteiger partial charge < -0.3 is 14.5 Å². The average molecular weight is 368 g/mol. The van der Waals surface area contributed by atoms with Gasteiger partial charge in [0, 0.05) is 46.0 Å². The van der Waals surface area contributed by atoms with Crippen molar-refractivity contribution in [1.29, 1.82) is 0 Å². The number of hydrogen-bond acceptors (Lipinski definition) is 3. The molecule has 5 nitrogen and oxygen atoms in total. The number of benzene rings is 2. The fourth-order valence-electron chi connectivity index (χ4n) is 3.81. The van der Waals surface area contributed by atoms with Crippen molar-refractivity contribution >= 4 is 22.6 Å². The first-order valence-electron chi connectivity index (χ1n) is 9.62. The molecule has 2 aromatic carbocycles. The summed E-state index contributed by atoms with van der Waals surface area (Å²) in [4.78, 5) is 29.5. The molecule has 0 spiro atoms. The molecule has 2 amide bonds. The highest BCUT2D eigenvalue weighted by Crippen LogP contribution is 2.24. The smallest absolute Gasteiger partial charge is 0.254 e. The Kier molecular flexibility index (Phi) is 6.45. The number of ether oxygens (including phenoxy) is 1. The highest BCUT2D eigenvalue weighted by atomic mass is 16.5. The summed E-state index contributed by atoms with van der Waals surface area (Å²) >= 11 is 0. The minimum absolute atomic E-state index is 0.0198. The van der Waals surface area contributed by atoms with Gasteiger partial charge in [0.15, 0.2) is 0 Å². The van der Waals surface area contributed by atoms with Crippen molar-refractivity contribution in [1.82, 2.24) is 9.80 Å². The predicted octanol–water partition coefficient (Wildman–Crippen LogP) is 3.19. The van der Waals surface area contributed by atoms with Crippen LogP contribution in [0.4, 0.5) is 0 Å². The summed E-state index contributed by atoms with van der Waals surface area (Å²) in [5.41, 5.74) is 0.717. The van der Waals surface area contributed by atoms with Gasteiger partial charge in [0.05, 0.1) is 5.92 Å². The highest BCUT2D eigenvalue weighted by Gasteiger charge is 2.30. The van der Waals surface area contributed by atoms with Gasteiger partial charge in [0.25, 0.3) is 5.91 Å². The number of carbonyl (C=O) groups is 2. The van der Waals surface area contributed by atoms with Gasteiger partial charge in [0.2, 0.25) is 5.91 Å². The third-order valence-electron chi connectivity index (χ3n) is 5.30. The van der Waals surface area contributed by atoms with Crippen molar-refractivity contribution in [2.24, 2.45) is 5.92 Å². The maximum absolute atomic E-state index is 13.1. The van der Waals surface area contributed by atoms with Crippen LogP contribution in [0.5, 0.6) is 0 Å². The number of fused-ring (bicyclic) bond motifs is 1. The van der Waals surface area contributed by atoms with Gasteiger partial charge in [-0.3, -0.25) is 9.59 Å². The third kappa shape index (κ3) is 4.48. The van der Waals surface area contributed by atoms with E-state index in [0.29, 0.717) is 26.2 Å². The van der Waals surface area contributed by atoms with Gasteiger partial charge in [0.1, 0.15) is 0 Å². The van der Waals surface area contributed by atoms with Crippen molar-refractivity contribution in [3.05, 3.63) is 48.0 Å². The molecule has 0 N–H and O–H groups in total. The largest absolute Gasteiger partial charge is 0.385 e. The van der Waals surface area contributed by atoms with E-state index in [0.717, 1.165) is 35.6 Å². The molecule has 0 radical (unpaired) electrons. The second kappa shape index (κ2) is 9.00. The van der Waals surface area contributed by atoms with Crippen LogP contribution in [0.1, 0.15) is 29.6 Å². The summed E-state index contributed by atoms with van der Waals surface area (Å²) in [6.07, 6.45) is 2.52. The lowest BCUT2D eigenvalue weighted by Crippen LogP contribution is -2.46. The molecule has 1 atom stereocenters. The van der Waals surface area contributed by atoms with Gasteiger partial charge in [-0.25, -0.2) is 0 Å². The molecule has 1 aliphatic heterocycles. The Hall–Kier alpha value is -2.40. The molecule has 3 rings (SSSR count). The molecule has 1 saturated heterocycles. The zero-order valence-electron chi connectivity index (χ0n) is 16.2. The summed E-state index contributed by atoms with van der Waals surface area (Å²) in [5, 5.41) is 2.03. The number of rotatable bonds is 6. The van der Waals surface area contributed by atoms with Crippen molar-refractivity contribution < 1.29 is 14.3 Å². The molecule has 0 saturated carbocycles. The van der Waals surface area contributed by atoms with Gasteiger partial charge in [-0.2, -0.15) is 0 Å². The van der Waals surface area contributed by atoms with Crippen LogP contribution in [0.2, 0.25) is 0 Å². The number of piperidine rings is 1. The van der Waals surface area contributed by atoms with Gasteiger partial charge in [-0.1, -0.05) is 36.4 Å². The first-order chi connectivity index (χ1) is 13.1. The molecule has 0 bridgehead atoms. The third-order valence-corrected chi connectivity index (χ3v) is 5.30. The topological polar surface area (TPSA) is 49.9 Å². The summed E-state index contributed by atoms with van der Waals surface area (Å²) in [5.74, 6) is 0.0260. The van der Waals surface area contributed by atoms with Crippen LogP contribution in [0, 0.1) is 5.92 Å². The molecule has 1 unspecified atom stereocenters. The van der Waals surface area contributed by atoms with Gasteiger partial charge in [-0.15, -0.1) is 0 Å². The molecular weight excluding hydrogens is 340 g/mol. The first kappa shape index (κ1) is 19.4. The van der Waals surface area contributed by atoms with Crippen LogP contribution in [0.3, 0.4) is 0 Å². The van der Waals surface area contributed by atoms with Crippen molar-refractivity contribution in [2.45, 2.75) is 19.3 Å². The predicted molar refractivity (Wildman–Crippen MR) is 107 cm³/mol. The second-order valence-electron chi connectivity index (χ2n) is 7.22. The lowest BCUT2D eigenvalue weighted by atomic mass is 9.95. The fourth-order valence-corrected chi connectivity index (χ4v) is 3.81. The Bertz CT molecular complexity index is 800. The quantitative estimate of drug-likeness (QED) is 0.736. The fraction of sp³-hybridized carbons (Fsp3) is 0.455. The summed E-state index contributed by atoms with van der Waals surface area (Å²) < 4.78 is 5.06. The average Bonchev–Trinajstić information content (AvgIpc) is 2.72. The van der Waals surface area contributed by atoms with E-state index in [1.165, 1.54) is 0 Å². The zero-order valence-corrected chi connectivity index (χ0v) is 16.2. The molecule has 1 heterocycles. The van der Waals surface area contributed by atoms with E-state index in [1.807, 2.05) is 54.4 Å². The maximum Gasteiger partial charge on any atom is 0.254 e. The van der Waals surface area contributed by atoms with E-state index in [1.54, 1.807) is 12.0 Å². The Morgan fingerprint density at radius 2 is 1.96 bits per heavy atom. The summed E-state index contributed by atoms with van der Waals surface area (Å²) in [7, 11) is 3.50. The standard InChI is InChI=1S/C22H28N2O3/c1-23(13-7-15-27-2)21(25)18-10-6-14-24(16-18)22(26)20-12-5-9-17-8-3-4-11-19(17)20/h3-5,8-9,11-12,18H,6-7,10,13-16H2,1-2H3. The van der Waals surface area contributed by atoms with Crippen molar-refractivity contribution in [2.75, 3.05) is 40.4 Å². The Labute approximate surface area is 160 Å². The lowest BCUT2D eigenvalue weighted by molar-refractivity contribution is -0.135. The van der Waals surface area contributed by atoms with Crippen LogP contribution in [-0.4, -0.2) is 62.0 Å². The number of carbonyl (C=O) groups excluding carboxylic acids is 2. The maximum atomic E-state index is 13.1. The Morgan fingerprint density at radius 3 is 2.78 bits per heavy atom.